The summed E-state index contributed by atoms with van der Waals surface area (Å²) in [6, 6.07) is 10.0. The quantitative estimate of drug-likeness (QED) is 0.464. The van der Waals surface area contributed by atoms with Gasteiger partial charge in [0.1, 0.15) is 12.2 Å². The lowest BCUT2D eigenvalue weighted by Crippen LogP contribution is -2.55. The van der Waals surface area contributed by atoms with Crippen molar-refractivity contribution < 1.29 is 18.4 Å². The van der Waals surface area contributed by atoms with E-state index in [0.717, 1.165) is 5.56 Å². The number of benzene rings is 1. The number of Topliss-reactive ketones (excluding diaryl/α,β-unsaturated/α-hetero) is 1. The molecule has 6 heteroatoms. The minimum atomic E-state index is -2.13. The number of hydrogen-bond acceptors (Lipinski definition) is 4. The first-order valence-electron chi connectivity index (χ1n) is 11.1. The molecule has 3 atom stereocenters. The Kier molecular flexibility index (Phi) is 7.62. The summed E-state index contributed by atoms with van der Waals surface area (Å²) in [5.74, 6) is 0.128. The standard InChI is InChI=1S/C24H42O4Si2/c1-23(2,3)29(7,8)26-17-21-22(28-30(9,10)24(4,5)6)19(25)16-20(27-21)18-14-12-11-13-15-18/h11-15,20-22H,16-17H2,1-10H3/t20-,21+,22-/m0/s1. The van der Waals surface area contributed by atoms with Gasteiger partial charge in [-0.05, 0) is 41.8 Å². The molecule has 0 amide bonds. The zero-order valence-corrected chi connectivity index (χ0v) is 22.7. The van der Waals surface area contributed by atoms with Crippen LogP contribution in [0.3, 0.4) is 0 Å². The molecule has 1 aliphatic heterocycles. The minimum absolute atomic E-state index is 0.0222. The van der Waals surface area contributed by atoms with Gasteiger partial charge in [0.2, 0.25) is 0 Å². The second-order valence-corrected chi connectivity index (χ2v) is 21.2. The van der Waals surface area contributed by atoms with E-state index in [1.807, 2.05) is 30.3 Å². The fourth-order valence-electron chi connectivity index (χ4n) is 2.97. The third-order valence-corrected chi connectivity index (χ3v) is 16.2. The first-order chi connectivity index (χ1) is 13.6. The van der Waals surface area contributed by atoms with Gasteiger partial charge in [-0.3, -0.25) is 4.79 Å². The van der Waals surface area contributed by atoms with E-state index in [9.17, 15) is 4.79 Å². The van der Waals surface area contributed by atoms with Crippen LogP contribution in [0.25, 0.3) is 0 Å². The van der Waals surface area contributed by atoms with Crippen molar-refractivity contribution in [2.45, 2.75) is 103 Å². The monoisotopic (exact) mass is 450 g/mol. The number of rotatable bonds is 6. The van der Waals surface area contributed by atoms with E-state index in [-0.39, 0.29) is 28.1 Å². The van der Waals surface area contributed by atoms with Gasteiger partial charge in [0.05, 0.1) is 12.7 Å². The Morgan fingerprint density at radius 2 is 1.47 bits per heavy atom. The second-order valence-electron chi connectivity index (χ2n) is 11.6. The van der Waals surface area contributed by atoms with Crippen molar-refractivity contribution in [3.05, 3.63) is 35.9 Å². The van der Waals surface area contributed by atoms with Gasteiger partial charge in [-0.2, -0.15) is 0 Å². The molecule has 1 aromatic rings. The summed E-state index contributed by atoms with van der Waals surface area (Å²) in [4.78, 5) is 13.3. The first kappa shape index (κ1) is 25.5. The van der Waals surface area contributed by atoms with Gasteiger partial charge in [-0.25, -0.2) is 0 Å². The molecule has 2 rings (SSSR count). The van der Waals surface area contributed by atoms with Gasteiger partial charge in [0, 0.05) is 6.42 Å². The fourth-order valence-corrected chi connectivity index (χ4v) is 5.26. The van der Waals surface area contributed by atoms with Gasteiger partial charge in [-0.15, -0.1) is 0 Å². The van der Waals surface area contributed by atoms with Crippen molar-refractivity contribution in [3.8, 4) is 0 Å². The van der Waals surface area contributed by atoms with Crippen molar-refractivity contribution in [3.63, 3.8) is 0 Å². The number of carbonyl (C=O) groups is 1. The third kappa shape index (κ3) is 5.91. The zero-order valence-electron chi connectivity index (χ0n) is 20.7. The normalized spacial score (nSPS) is 24.2. The highest BCUT2D eigenvalue weighted by atomic mass is 28.4. The van der Waals surface area contributed by atoms with Crippen LogP contribution < -0.4 is 0 Å². The molecule has 1 saturated heterocycles. The fraction of sp³-hybridized carbons (Fsp3) is 0.708. The smallest absolute Gasteiger partial charge is 0.193 e. The van der Waals surface area contributed by atoms with E-state index in [0.29, 0.717) is 13.0 Å². The summed E-state index contributed by atoms with van der Waals surface area (Å²) in [5.41, 5.74) is 1.04. The zero-order chi connectivity index (χ0) is 23.0. The van der Waals surface area contributed by atoms with Crippen LogP contribution in [0, 0.1) is 0 Å². The first-order valence-corrected chi connectivity index (χ1v) is 16.9. The SMILES string of the molecule is CC(C)(C)[Si](C)(C)OC[C@H]1O[C@H](c2ccccc2)CC(=O)[C@@H]1O[Si](C)(C)C(C)(C)C. The van der Waals surface area contributed by atoms with E-state index in [1.165, 1.54) is 0 Å². The molecular formula is C24H42O4Si2. The largest absolute Gasteiger partial charge is 0.414 e. The number of ether oxygens (including phenoxy) is 1. The van der Waals surface area contributed by atoms with Crippen LogP contribution in [-0.2, 0) is 18.4 Å². The molecular weight excluding hydrogens is 408 g/mol. The van der Waals surface area contributed by atoms with E-state index in [1.54, 1.807) is 0 Å². The average Bonchev–Trinajstić information content (AvgIpc) is 2.60. The Bertz CT molecular complexity index is 717. The lowest BCUT2D eigenvalue weighted by molar-refractivity contribution is -0.161. The third-order valence-electron chi connectivity index (χ3n) is 7.19. The van der Waals surface area contributed by atoms with Crippen LogP contribution in [-0.4, -0.2) is 41.2 Å². The van der Waals surface area contributed by atoms with E-state index in [4.69, 9.17) is 13.6 Å². The molecule has 0 N–H and O–H groups in total. The molecule has 170 valence electrons. The summed E-state index contributed by atoms with van der Waals surface area (Å²) in [6.45, 7) is 22.5. The molecule has 1 aromatic carbocycles. The molecule has 0 saturated carbocycles. The molecule has 1 heterocycles. The Morgan fingerprint density at radius 3 is 1.97 bits per heavy atom. The molecule has 0 bridgehead atoms. The predicted molar refractivity (Wildman–Crippen MR) is 129 cm³/mol. The van der Waals surface area contributed by atoms with Gasteiger partial charge < -0.3 is 13.6 Å². The van der Waals surface area contributed by atoms with Crippen LogP contribution >= 0.6 is 0 Å². The topological polar surface area (TPSA) is 44.8 Å². The Labute approximate surface area is 186 Å². The van der Waals surface area contributed by atoms with E-state index in [2.05, 4.69) is 67.7 Å². The van der Waals surface area contributed by atoms with Gasteiger partial charge in [-0.1, -0.05) is 71.9 Å². The van der Waals surface area contributed by atoms with Crippen LogP contribution in [0.2, 0.25) is 36.3 Å². The van der Waals surface area contributed by atoms with Gasteiger partial charge >= 0.3 is 0 Å². The van der Waals surface area contributed by atoms with Crippen molar-refractivity contribution in [1.82, 2.24) is 0 Å². The maximum atomic E-state index is 13.3. The van der Waals surface area contributed by atoms with Crippen LogP contribution in [0.4, 0.5) is 0 Å². The van der Waals surface area contributed by atoms with Crippen molar-refractivity contribution in [1.29, 1.82) is 0 Å². The number of ketones is 1. The second kappa shape index (κ2) is 8.98. The Balaban J connectivity index is 2.28. The summed E-state index contributed by atoms with van der Waals surface area (Å²) in [7, 11) is -4.11. The van der Waals surface area contributed by atoms with Crippen LogP contribution in [0.1, 0.15) is 59.6 Å². The molecule has 0 aliphatic carbocycles. The molecule has 0 spiro atoms. The molecule has 0 radical (unpaired) electrons. The number of carbonyl (C=O) groups excluding carboxylic acids is 1. The lowest BCUT2D eigenvalue weighted by atomic mass is 9.95. The Hall–Kier alpha value is -0.796. The van der Waals surface area contributed by atoms with Crippen molar-refractivity contribution in [2.24, 2.45) is 0 Å². The molecule has 0 aromatic heterocycles. The van der Waals surface area contributed by atoms with E-state index < -0.39 is 22.7 Å². The van der Waals surface area contributed by atoms with Crippen molar-refractivity contribution in [2.75, 3.05) is 6.61 Å². The highest BCUT2D eigenvalue weighted by molar-refractivity contribution is 6.74. The molecule has 4 nitrogen and oxygen atoms in total. The average molecular weight is 451 g/mol. The maximum absolute atomic E-state index is 13.3. The highest BCUT2D eigenvalue weighted by Crippen LogP contribution is 2.41. The van der Waals surface area contributed by atoms with E-state index >= 15 is 0 Å². The predicted octanol–water partition coefficient (Wildman–Crippen LogP) is 6.50. The Morgan fingerprint density at radius 1 is 0.933 bits per heavy atom. The van der Waals surface area contributed by atoms with Crippen molar-refractivity contribution >= 4 is 22.4 Å². The maximum Gasteiger partial charge on any atom is 0.193 e. The van der Waals surface area contributed by atoms with Gasteiger partial charge in [0.25, 0.3) is 0 Å². The number of hydrogen-bond donors (Lipinski definition) is 0. The summed E-state index contributed by atoms with van der Waals surface area (Å²) in [5, 5.41) is 0.120. The lowest BCUT2D eigenvalue weighted by Gasteiger charge is -2.44. The van der Waals surface area contributed by atoms with Gasteiger partial charge in [0.15, 0.2) is 22.4 Å². The minimum Gasteiger partial charge on any atom is -0.414 e. The summed E-state index contributed by atoms with van der Waals surface area (Å²) in [6.07, 6.45) is -0.846. The molecule has 0 unspecified atom stereocenters. The van der Waals surface area contributed by atoms with Crippen LogP contribution in [0.5, 0.6) is 0 Å². The summed E-state index contributed by atoms with van der Waals surface area (Å²) >= 11 is 0. The molecule has 1 aliphatic rings. The molecule has 1 fully saturated rings. The molecule has 30 heavy (non-hydrogen) atoms. The summed E-state index contributed by atoms with van der Waals surface area (Å²) < 4.78 is 19.6. The highest BCUT2D eigenvalue weighted by Gasteiger charge is 2.47. The van der Waals surface area contributed by atoms with Crippen LogP contribution in [0.15, 0.2) is 30.3 Å².